The van der Waals surface area contributed by atoms with Gasteiger partial charge in [0.2, 0.25) is 0 Å². The van der Waals surface area contributed by atoms with Crippen molar-refractivity contribution in [3.8, 4) is 0 Å². The van der Waals surface area contributed by atoms with Crippen molar-refractivity contribution in [3.63, 3.8) is 0 Å². The topological polar surface area (TPSA) is 60.9 Å². The van der Waals surface area contributed by atoms with Crippen molar-refractivity contribution >= 4 is 34.9 Å². The van der Waals surface area contributed by atoms with Gasteiger partial charge in [-0.05, 0) is 36.2 Å². The third kappa shape index (κ3) is 6.56. The summed E-state index contributed by atoms with van der Waals surface area (Å²) in [7, 11) is 0. The van der Waals surface area contributed by atoms with Crippen LogP contribution in [0.2, 0.25) is 10.0 Å². The lowest BCUT2D eigenvalue weighted by Crippen LogP contribution is -2.54. The molecule has 1 aromatic carbocycles. The third-order valence-corrected chi connectivity index (χ3v) is 6.69. The molecule has 32 heavy (non-hydrogen) atoms. The summed E-state index contributed by atoms with van der Waals surface area (Å²) < 4.78 is 6.03. The van der Waals surface area contributed by atoms with Crippen LogP contribution in [0.4, 0.5) is 10.5 Å². The van der Waals surface area contributed by atoms with Gasteiger partial charge in [0, 0.05) is 70.4 Å². The molecule has 2 saturated heterocycles. The molecule has 0 radical (unpaired) electrons. The van der Waals surface area contributed by atoms with Crippen LogP contribution in [-0.2, 0) is 11.2 Å². The van der Waals surface area contributed by atoms with E-state index in [0.29, 0.717) is 28.8 Å². The number of urea groups is 1. The highest BCUT2D eigenvalue weighted by Crippen LogP contribution is 2.25. The van der Waals surface area contributed by atoms with Crippen molar-refractivity contribution in [1.29, 1.82) is 0 Å². The van der Waals surface area contributed by atoms with E-state index in [2.05, 4.69) is 26.2 Å². The van der Waals surface area contributed by atoms with Crippen molar-refractivity contribution in [3.05, 3.63) is 58.3 Å². The Kier molecular flexibility index (Phi) is 8.21. The van der Waals surface area contributed by atoms with E-state index in [9.17, 15) is 4.79 Å². The molecule has 1 N–H and O–H groups in total. The number of carbonyl (C=O) groups is 1. The van der Waals surface area contributed by atoms with E-state index in [-0.39, 0.29) is 12.1 Å². The SMILES string of the molecule is O=C(Nc1ccc(Cl)c(Cl)c1)N1CCN(C[C@H]2CN(CCc3cccnc3)CCO2)CC1. The number of halogens is 2. The van der Waals surface area contributed by atoms with Gasteiger partial charge in [-0.2, -0.15) is 0 Å². The molecule has 0 bridgehead atoms. The Bertz CT molecular complexity index is 893. The third-order valence-electron chi connectivity index (χ3n) is 5.95. The number of ether oxygens (including phenoxy) is 1. The second kappa shape index (κ2) is 11.3. The first kappa shape index (κ1) is 23.3. The number of anilines is 1. The number of rotatable bonds is 6. The zero-order valence-corrected chi connectivity index (χ0v) is 19.6. The van der Waals surface area contributed by atoms with Gasteiger partial charge in [0.1, 0.15) is 0 Å². The van der Waals surface area contributed by atoms with Crippen molar-refractivity contribution in [1.82, 2.24) is 19.7 Å². The Morgan fingerprint density at radius 2 is 1.94 bits per heavy atom. The van der Waals surface area contributed by atoms with Gasteiger partial charge in [0.05, 0.1) is 22.8 Å². The molecule has 0 spiro atoms. The molecule has 1 aromatic heterocycles. The summed E-state index contributed by atoms with van der Waals surface area (Å²) in [6.07, 6.45) is 4.96. The average molecular weight is 478 g/mol. The van der Waals surface area contributed by atoms with Crippen LogP contribution in [0, 0.1) is 0 Å². The van der Waals surface area contributed by atoms with Gasteiger partial charge in [0.25, 0.3) is 0 Å². The normalized spacial score (nSPS) is 20.3. The fourth-order valence-corrected chi connectivity index (χ4v) is 4.42. The molecule has 7 nitrogen and oxygen atoms in total. The first-order valence-electron chi connectivity index (χ1n) is 11.0. The summed E-state index contributed by atoms with van der Waals surface area (Å²) >= 11 is 12.0. The van der Waals surface area contributed by atoms with Crippen LogP contribution in [0.25, 0.3) is 0 Å². The summed E-state index contributed by atoms with van der Waals surface area (Å²) in [4.78, 5) is 23.5. The Morgan fingerprint density at radius 3 is 2.69 bits per heavy atom. The lowest BCUT2D eigenvalue weighted by atomic mass is 10.2. The van der Waals surface area contributed by atoms with Crippen LogP contribution in [-0.4, -0.2) is 90.8 Å². The van der Waals surface area contributed by atoms with Crippen LogP contribution in [0.1, 0.15) is 5.56 Å². The summed E-state index contributed by atoms with van der Waals surface area (Å²) in [6, 6.07) is 9.10. The number of nitrogens with one attached hydrogen (secondary N) is 1. The second-order valence-corrected chi connectivity index (χ2v) is 9.07. The highest BCUT2D eigenvalue weighted by molar-refractivity contribution is 6.42. The minimum Gasteiger partial charge on any atom is -0.374 e. The molecule has 2 amide bonds. The maximum absolute atomic E-state index is 12.6. The lowest BCUT2D eigenvalue weighted by Gasteiger charge is -2.39. The molecule has 2 fully saturated rings. The zero-order valence-electron chi connectivity index (χ0n) is 18.1. The van der Waals surface area contributed by atoms with Crippen molar-refractivity contribution in [2.45, 2.75) is 12.5 Å². The number of amides is 2. The highest BCUT2D eigenvalue weighted by atomic mass is 35.5. The van der Waals surface area contributed by atoms with Gasteiger partial charge in [-0.1, -0.05) is 29.3 Å². The predicted octanol–water partition coefficient (Wildman–Crippen LogP) is 3.48. The molecule has 2 aromatic rings. The fraction of sp³-hybridized carbons (Fsp3) is 0.478. The van der Waals surface area contributed by atoms with E-state index in [1.165, 1.54) is 5.56 Å². The van der Waals surface area contributed by atoms with Crippen LogP contribution < -0.4 is 5.32 Å². The van der Waals surface area contributed by atoms with Crippen molar-refractivity contribution in [2.75, 3.05) is 64.3 Å². The van der Waals surface area contributed by atoms with Crippen LogP contribution in [0.3, 0.4) is 0 Å². The Balaban J connectivity index is 1.18. The number of morpholine rings is 1. The Labute approximate surface area is 199 Å². The number of pyridine rings is 1. The van der Waals surface area contributed by atoms with Gasteiger partial charge in [-0.15, -0.1) is 0 Å². The quantitative estimate of drug-likeness (QED) is 0.689. The molecule has 2 aliphatic heterocycles. The number of carbonyl (C=O) groups excluding carboxylic acids is 1. The number of benzene rings is 1. The predicted molar refractivity (Wildman–Crippen MR) is 128 cm³/mol. The maximum atomic E-state index is 12.6. The van der Waals surface area contributed by atoms with E-state index >= 15 is 0 Å². The Morgan fingerprint density at radius 1 is 1.09 bits per heavy atom. The second-order valence-electron chi connectivity index (χ2n) is 8.25. The van der Waals surface area contributed by atoms with E-state index < -0.39 is 0 Å². The van der Waals surface area contributed by atoms with E-state index in [1.54, 1.807) is 18.2 Å². The molecule has 0 unspecified atom stereocenters. The fourth-order valence-electron chi connectivity index (χ4n) is 4.13. The van der Waals surface area contributed by atoms with Crippen molar-refractivity contribution < 1.29 is 9.53 Å². The number of hydrogen-bond donors (Lipinski definition) is 1. The molecular formula is C23H29Cl2N5O2. The molecule has 0 saturated carbocycles. The minimum absolute atomic E-state index is 0.112. The first-order chi connectivity index (χ1) is 15.6. The summed E-state index contributed by atoms with van der Waals surface area (Å²) in [5.74, 6) is 0. The molecule has 3 heterocycles. The van der Waals surface area contributed by atoms with Gasteiger partial charge >= 0.3 is 6.03 Å². The minimum atomic E-state index is -0.112. The molecule has 4 rings (SSSR count). The maximum Gasteiger partial charge on any atom is 0.321 e. The molecule has 1 atom stereocenters. The largest absolute Gasteiger partial charge is 0.374 e. The summed E-state index contributed by atoms with van der Waals surface area (Å²) in [5.41, 5.74) is 1.92. The summed E-state index contributed by atoms with van der Waals surface area (Å²) in [5, 5.41) is 3.80. The van der Waals surface area contributed by atoms with Crippen LogP contribution >= 0.6 is 23.2 Å². The van der Waals surface area contributed by atoms with Gasteiger partial charge in [0.15, 0.2) is 0 Å². The van der Waals surface area contributed by atoms with Gasteiger partial charge < -0.3 is 15.0 Å². The molecular weight excluding hydrogens is 449 g/mol. The van der Waals surface area contributed by atoms with E-state index in [0.717, 1.165) is 52.3 Å². The molecule has 172 valence electrons. The van der Waals surface area contributed by atoms with E-state index in [1.807, 2.05) is 23.4 Å². The van der Waals surface area contributed by atoms with Crippen LogP contribution in [0.15, 0.2) is 42.7 Å². The number of hydrogen-bond acceptors (Lipinski definition) is 5. The Hall–Kier alpha value is -1.90. The summed E-state index contributed by atoms with van der Waals surface area (Å²) in [6.45, 7) is 7.64. The number of piperazine rings is 1. The van der Waals surface area contributed by atoms with Crippen LogP contribution in [0.5, 0.6) is 0 Å². The zero-order chi connectivity index (χ0) is 22.3. The van der Waals surface area contributed by atoms with Crippen molar-refractivity contribution in [2.24, 2.45) is 0 Å². The van der Waals surface area contributed by atoms with Gasteiger partial charge in [-0.3, -0.25) is 14.8 Å². The monoisotopic (exact) mass is 477 g/mol. The van der Waals surface area contributed by atoms with E-state index in [4.69, 9.17) is 27.9 Å². The van der Waals surface area contributed by atoms with Gasteiger partial charge in [-0.25, -0.2) is 4.79 Å². The first-order valence-corrected chi connectivity index (χ1v) is 11.8. The smallest absolute Gasteiger partial charge is 0.321 e. The highest BCUT2D eigenvalue weighted by Gasteiger charge is 2.26. The standard InChI is InChI=1S/C23H29Cl2N5O2/c24-21-4-3-19(14-22(21)25)27-23(31)30-10-8-29(9-11-30)17-20-16-28(12-13-32-20)7-5-18-2-1-6-26-15-18/h1-4,6,14-15,20H,5,7-13,16-17H2,(H,27,31)/t20-/m1/s1. The lowest BCUT2D eigenvalue weighted by molar-refractivity contribution is -0.0464. The number of nitrogens with zero attached hydrogens (tertiary/aromatic N) is 4. The number of aromatic nitrogens is 1. The molecule has 2 aliphatic rings. The average Bonchev–Trinajstić information content (AvgIpc) is 2.81. The molecule has 9 heteroatoms. The molecule has 0 aliphatic carbocycles.